The molecule has 3 saturated carbocycles. The molecule has 0 aromatic rings. The average molecular weight is 507 g/mol. The fraction of sp³-hybridized carbons (Fsp3) is 0.857. The molecule has 0 radical (unpaired) electrons. The summed E-state index contributed by atoms with van der Waals surface area (Å²) in [6.07, 6.45) is 2.67. The van der Waals surface area contributed by atoms with E-state index in [1.54, 1.807) is 13.2 Å². The number of esters is 1. The van der Waals surface area contributed by atoms with Gasteiger partial charge in [-0.15, -0.1) is 6.58 Å². The van der Waals surface area contributed by atoms with Crippen LogP contribution in [-0.4, -0.2) is 90.6 Å². The van der Waals surface area contributed by atoms with Gasteiger partial charge in [0.15, 0.2) is 0 Å². The summed E-state index contributed by atoms with van der Waals surface area (Å²) < 4.78 is 11.6. The Bertz CT molecular complexity index is 880. The molecule has 1 saturated heterocycles. The van der Waals surface area contributed by atoms with Crippen molar-refractivity contribution in [3.63, 3.8) is 0 Å². The van der Waals surface area contributed by atoms with Crippen molar-refractivity contribution in [1.29, 1.82) is 0 Å². The van der Waals surface area contributed by atoms with Crippen LogP contribution in [0.2, 0.25) is 0 Å². The summed E-state index contributed by atoms with van der Waals surface area (Å²) in [5.41, 5.74) is -3.14. The van der Waals surface area contributed by atoms with Gasteiger partial charge in [0, 0.05) is 56.0 Å². The number of ketones is 1. The van der Waals surface area contributed by atoms with Crippen molar-refractivity contribution in [2.24, 2.45) is 28.1 Å². The number of methoxy groups -OCH3 is 1. The highest BCUT2D eigenvalue weighted by atomic mass is 16.6. The third kappa shape index (κ3) is 4.17. The Labute approximate surface area is 215 Å². The van der Waals surface area contributed by atoms with Crippen LogP contribution >= 0.6 is 0 Å². The lowest BCUT2D eigenvalue weighted by Crippen LogP contribution is -2.69. The zero-order chi connectivity index (χ0) is 26.5. The second kappa shape index (κ2) is 9.77. The Morgan fingerprint density at radius 1 is 1.25 bits per heavy atom. The molecule has 8 nitrogen and oxygen atoms in total. The van der Waals surface area contributed by atoms with Crippen LogP contribution in [0.3, 0.4) is 0 Å². The number of nitrogens with one attached hydrogen (secondary N) is 1. The molecule has 204 valence electrons. The number of hydrogen-bond donors (Lipinski definition) is 3. The number of hydrogen-bond acceptors (Lipinski definition) is 8. The Morgan fingerprint density at radius 3 is 2.64 bits per heavy atom. The Hall–Kier alpha value is -1.32. The Morgan fingerprint density at radius 2 is 1.97 bits per heavy atom. The Kier molecular flexibility index (Phi) is 7.52. The van der Waals surface area contributed by atoms with E-state index in [4.69, 9.17) is 9.47 Å². The van der Waals surface area contributed by atoms with E-state index >= 15 is 0 Å². The van der Waals surface area contributed by atoms with Crippen molar-refractivity contribution in [2.45, 2.75) is 83.6 Å². The van der Waals surface area contributed by atoms with Crippen LogP contribution in [0.1, 0.15) is 59.8 Å². The standard InChI is InChI=1S/C28H46N2O6/c1-7-25(3)14-21(32)27(5)23-20(31)8-9-28(23,18(2)24(25)34)11-10-26(27,4)36-22(33)16-30-13-12-29-19(15-30)17-35-6/h7,18-19,21,23-24,29,32,34H,1,8-17H2,2-6H3. The number of aliphatic hydroxyl groups is 2. The van der Waals surface area contributed by atoms with Gasteiger partial charge >= 0.3 is 5.97 Å². The number of nitrogens with zero attached hydrogens (tertiary/aromatic N) is 1. The average Bonchev–Trinajstić information content (AvgIpc) is 3.18. The quantitative estimate of drug-likeness (QED) is 0.371. The summed E-state index contributed by atoms with van der Waals surface area (Å²) >= 11 is 0. The number of Topliss-reactive ketones (excluding diaryl/α,β-unsaturated/α-hetero) is 1. The highest BCUT2D eigenvalue weighted by Gasteiger charge is 2.72. The summed E-state index contributed by atoms with van der Waals surface area (Å²) in [5.74, 6) is -0.841. The first-order valence-electron chi connectivity index (χ1n) is 13.6. The zero-order valence-electron chi connectivity index (χ0n) is 22.7. The normalized spacial score (nSPS) is 47.5. The van der Waals surface area contributed by atoms with Crippen molar-refractivity contribution in [3.8, 4) is 0 Å². The second-order valence-electron chi connectivity index (χ2n) is 12.6. The van der Waals surface area contributed by atoms with Gasteiger partial charge in [-0.3, -0.25) is 14.5 Å². The minimum absolute atomic E-state index is 0.115. The SMILES string of the molecule is C=CC1(C)CC(O)C2(C)C3C(=O)CCC3(CCC2(C)OC(=O)CN2CCNC(COC)C2)C(C)C1O. The van der Waals surface area contributed by atoms with E-state index in [2.05, 4.69) is 16.8 Å². The predicted octanol–water partition coefficient (Wildman–Crippen LogP) is 1.93. The molecule has 4 aliphatic rings. The van der Waals surface area contributed by atoms with Gasteiger partial charge in [0.25, 0.3) is 0 Å². The number of piperazine rings is 1. The lowest BCUT2D eigenvalue weighted by atomic mass is 9.42. The molecule has 1 aliphatic heterocycles. The first-order chi connectivity index (χ1) is 16.9. The van der Waals surface area contributed by atoms with Crippen molar-refractivity contribution in [2.75, 3.05) is 39.9 Å². The second-order valence-corrected chi connectivity index (χ2v) is 12.6. The third-order valence-corrected chi connectivity index (χ3v) is 10.8. The van der Waals surface area contributed by atoms with E-state index in [-0.39, 0.29) is 36.7 Å². The summed E-state index contributed by atoms with van der Waals surface area (Å²) in [6.45, 7) is 14.8. The largest absolute Gasteiger partial charge is 0.458 e. The van der Waals surface area contributed by atoms with Crippen LogP contribution < -0.4 is 5.32 Å². The molecule has 4 fully saturated rings. The maximum Gasteiger partial charge on any atom is 0.320 e. The molecule has 9 atom stereocenters. The van der Waals surface area contributed by atoms with Crippen LogP contribution in [0.4, 0.5) is 0 Å². The van der Waals surface area contributed by atoms with Crippen LogP contribution in [0.15, 0.2) is 12.7 Å². The van der Waals surface area contributed by atoms with Gasteiger partial charge in [0.05, 0.1) is 25.4 Å². The molecular weight excluding hydrogens is 460 g/mol. The molecule has 9 unspecified atom stereocenters. The van der Waals surface area contributed by atoms with E-state index in [1.165, 1.54) is 0 Å². The molecule has 1 heterocycles. The summed E-state index contributed by atoms with van der Waals surface area (Å²) in [5, 5.41) is 26.7. The molecule has 0 aromatic carbocycles. The molecule has 8 heteroatoms. The topological polar surface area (TPSA) is 108 Å². The first kappa shape index (κ1) is 27.7. The Balaban J connectivity index is 1.65. The van der Waals surface area contributed by atoms with Crippen molar-refractivity contribution < 1.29 is 29.3 Å². The maximum absolute atomic E-state index is 13.5. The third-order valence-electron chi connectivity index (χ3n) is 10.8. The van der Waals surface area contributed by atoms with Gasteiger partial charge in [0.2, 0.25) is 0 Å². The van der Waals surface area contributed by atoms with Gasteiger partial charge in [-0.1, -0.05) is 26.8 Å². The summed E-state index contributed by atoms with van der Waals surface area (Å²) in [7, 11) is 1.67. The molecule has 3 N–H and O–H groups in total. The predicted molar refractivity (Wildman–Crippen MR) is 136 cm³/mol. The summed E-state index contributed by atoms with van der Waals surface area (Å²) in [6, 6.07) is 0.160. The summed E-state index contributed by atoms with van der Waals surface area (Å²) in [4.78, 5) is 28.9. The monoisotopic (exact) mass is 506 g/mol. The molecule has 0 aromatic heterocycles. The van der Waals surface area contributed by atoms with Gasteiger partial charge in [-0.2, -0.15) is 0 Å². The maximum atomic E-state index is 13.5. The number of carbonyl (C=O) groups is 2. The van der Waals surface area contributed by atoms with Crippen LogP contribution in [0.5, 0.6) is 0 Å². The van der Waals surface area contributed by atoms with E-state index in [0.717, 1.165) is 13.1 Å². The van der Waals surface area contributed by atoms with Crippen LogP contribution in [0.25, 0.3) is 0 Å². The highest BCUT2D eigenvalue weighted by Crippen LogP contribution is 2.69. The van der Waals surface area contributed by atoms with E-state index in [1.807, 2.05) is 27.7 Å². The van der Waals surface area contributed by atoms with E-state index in [0.29, 0.717) is 38.8 Å². The van der Waals surface area contributed by atoms with Gasteiger partial charge in [-0.25, -0.2) is 0 Å². The van der Waals surface area contributed by atoms with Crippen molar-refractivity contribution in [1.82, 2.24) is 10.2 Å². The number of ether oxygens (including phenoxy) is 2. The minimum Gasteiger partial charge on any atom is -0.458 e. The molecule has 4 rings (SSSR count). The van der Waals surface area contributed by atoms with E-state index in [9.17, 15) is 19.8 Å². The zero-order valence-corrected chi connectivity index (χ0v) is 22.7. The first-order valence-corrected chi connectivity index (χ1v) is 13.6. The molecular formula is C28H46N2O6. The molecule has 2 bridgehead atoms. The number of aliphatic hydroxyl groups excluding tert-OH is 2. The fourth-order valence-corrected chi connectivity index (χ4v) is 8.29. The molecule has 0 spiro atoms. The highest BCUT2D eigenvalue weighted by molar-refractivity contribution is 5.86. The van der Waals surface area contributed by atoms with Gasteiger partial charge in [-0.05, 0) is 43.9 Å². The molecule has 3 aliphatic carbocycles. The van der Waals surface area contributed by atoms with Crippen molar-refractivity contribution in [3.05, 3.63) is 12.7 Å². The fourth-order valence-electron chi connectivity index (χ4n) is 8.29. The van der Waals surface area contributed by atoms with Crippen LogP contribution in [-0.2, 0) is 19.1 Å². The van der Waals surface area contributed by atoms with Crippen molar-refractivity contribution >= 4 is 11.8 Å². The minimum atomic E-state index is -1.01. The number of carbonyl (C=O) groups excluding carboxylic acids is 2. The lowest BCUT2D eigenvalue weighted by Gasteiger charge is -2.64. The lowest BCUT2D eigenvalue weighted by molar-refractivity contribution is -0.252. The molecule has 0 amide bonds. The van der Waals surface area contributed by atoms with E-state index < -0.39 is 40.0 Å². The van der Waals surface area contributed by atoms with Gasteiger partial charge in [0.1, 0.15) is 11.4 Å². The van der Waals surface area contributed by atoms with Crippen LogP contribution in [0, 0.1) is 28.1 Å². The van der Waals surface area contributed by atoms with Gasteiger partial charge < -0.3 is 25.0 Å². The smallest absolute Gasteiger partial charge is 0.320 e. The number of rotatable bonds is 6. The molecule has 36 heavy (non-hydrogen) atoms.